The Morgan fingerprint density at radius 2 is 2.06 bits per heavy atom. The Balaban J connectivity index is 2.57. The van der Waals surface area contributed by atoms with Crippen LogP contribution in [0.3, 0.4) is 0 Å². The largest absolute Gasteiger partial charge is 0.298 e. The molecule has 2 rings (SSSR count). The summed E-state index contributed by atoms with van der Waals surface area (Å²) in [4.78, 5) is 14.7. The van der Waals surface area contributed by atoms with Crippen molar-refractivity contribution in [1.82, 2.24) is 4.98 Å². The van der Waals surface area contributed by atoms with Gasteiger partial charge in [-0.05, 0) is 24.6 Å². The van der Waals surface area contributed by atoms with Gasteiger partial charge in [0.15, 0.2) is 0 Å². The number of pyridine rings is 1. The molecule has 0 unspecified atom stereocenters. The molecule has 0 aliphatic rings. The highest BCUT2D eigenvalue weighted by molar-refractivity contribution is 6.33. The molecule has 0 amide bonds. The van der Waals surface area contributed by atoms with E-state index in [0.717, 1.165) is 23.0 Å². The van der Waals surface area contributed by atoms with Crippen molar-refractivity contribution in [3.63, 3.8) is 0 Å². The van der Waals surface area contributed by atoms with Crippen LogP contribution in [0.15, 0.2) is 36.7 Å². The Bertz CT molecular complexity index is 537. The summed E-state index contributed by atoms with van der Waals surface area (Å²) < 4.78 is 0. The normalized spacial score (nSPS) is 10.1. The Morgan fingerprint density at radius 1 is 1.25 bits per heavy atom. The van der Waals surface area contributed by atoms with E-state index in [-0.39, 0.29) is 0 Å². The van der Waals surface area contributed by atoms with Gasteiger partial charge in [-0.1, -0.05) is 23.7 Å². The average Bonchev–Trinajstić information content (AvgIpc) is 2.30. The van der Waals surface area contributed by atoms with Gasteiger partial charge in [-0.3, -0.25) is 9.78 Å². The van der Waals surface area contributed by atoms with Gasteiger partial charge >= 0.3 is 0 Å². The van der Waals surface area contributed by atoms with Gasteiger partial charge < -0.3 is 0 Å². The number of carbonyl (C=O) groups excluding carboxylic acids is 1. The first kappa shape index (κ1) is 10.8. The molecule has 0 saturated heterocycles. The quantitative estimate of drug-likeness (QED) is 0.741. The highest BCUT2D eigenvalue weighted by Crippen LogP contribution is 2.29. The topological polar surface area (TPSA) is 30.0 Å². The molecule has 3 heteroatoms. The van der Waals surface area contributed by atoms with E-state index in [2.05, 4.69) is 4.98 Å². The smallest absolute Gasteiger partial charge is 0.150 e. The van der Waals surface area contributed by atoms with E-state index in [1.54, 1.807) is 24.5 Å². The molecule has 0 spiro atoms. The molecule has 0 radical (unpaired) electrons. The molecule has 0 fully saturated rings. The number of aldehydes is 1. The van der Waals surface area contributed by atoms with Gasteiger partial charge in [-0.2, -0.15) is 0 Å². The molecule has 0 aliphatic heterocycles. The lowest BCUT2D eigenvalue weighted by Crippen LogP contribution is -1.87. The number of benzene rings is 1. The maximum Gasteiger partial charge on any atom is 0.150 e. The fourth-order valence-electron chi connectivity index (χ4n) is 1.57. The van der Waals surface area contributed by atoms with Crippen LogP contribution in [0.5, 0.6) is 0 Å². The molecule has 0 saturated carbocycles. The van der Waals surface area contributed by atoms with E-state index in [9.17, 15) is 4.79 Å². The minimum absolute atomic E-state index is 0.570. The van der Waals surface area contributed by atoms with Crippen molar-refractivity contribution in [2.45, 2.75) is 6.92 Å². The average molecular weight is 232 g/mol. The summed E-state index contributed by atoms with van der Waals surface area (Å²) in [5, 5.41) is 0.570. The van der Waals surface area contributed by atoms with Crippen LogP contribution < -0.4 is 0 Å². The number of nitrogens with zero attached hydrogens (tertiary/aromatic N) is 1. The third-order valence-corrected chi connectivity index (χ3v) is 2.77. The summed E-state index contributed by atoms with van der Waals surface area (Å²) in [6.45, 7) is 2.00. The Hall–Kier alpha value is -1.67. The van der Waals surface area contributed by atoms with E-state index in [4.69, 9.17) is 11.6 Å². The second kappa shape index (κ2) is 4.45. The number of aryl methyl sites for hydroxylation is 1. The van der Waals surface area contributed by atoms with Crippen LogP contribution >= 0.6 is 11.6 Å². The first-order valence-electron chi connectivity index (χ1n) is 4.88. The van der Waals surface area contributed by atoms with Gasteiger partial charge in [-0.15, -0.1) is 0 Å². The van der Waals surface area contributed by atoms with E-state index >= 15 is 0 Å². The van der Waals surface area contributed by atoms with Crippen LogP contribution in [0.4, 0.5) is 0 Å². The number of carbonyl (C=O) groups is 1. The molecule has 1 aromatic heterocycles. The molecule has 0 N–H and O–H groups in total. The maximum atomic E-state index is 10.6. The lowest BCUT2D eigenvalue weighted by molar-refractivity contribution is 0.112. The number of aromatic nitrogens is 1. The maximum absolute atomic E-state index is 10.6. The van der Waals surface area contributed by atoms with Crippen molar-refractivity contribution in [3.05, 3.63) is 52.8 Å². The standard InChI is InChI=1S/C13H10ClNO/c1-9-4-5-15-7-12(9)11-3-2-10(8-16)6-13(11)14/h2-8H,1H3. The minimum atomic E-state index is 0.570. The van der Waals surface area contributed by atoms with Gasteiger partial charge in [0.2, 0.25) is 0 Å². The zero-order valence-electron chi connectivity index (χ0n) is 8.77. The van der Waals surface area contributed by atoms with Crippen molar-refractivity contribution in [2.75, 3.05) is 0 Å². The molecule has 0 aliphatic carbocycles. The van der Waals surface area contributed by atoms with Crippen molar-refractivity contribution in [2.24, 2.45) is 0 Å². The van der Waals surface area contributed by atoms with Crippen molar-refractivity contribution >= 4 is 17.9 Å². The van der Waals surface area contributed by atoms with Crippen LogP contribution in [0.1, 0.15) is 15.9 Å². The summed E-state index contributed by atoms with van der Waals surface area (Å²) in [6, 6.07) is 7.19. The SMILES string of the molecule is Cc1ccncc1-c1ccc(C=O)cc1Cl. The van der Waals surface area contributed by atoms with Gasteiger partial charge in [0.05, 0.1) is 0 Å². The predicted octanol–water partition coefficient (Wildman–Crippen LogP) is 3.52. The van der Waals surface area contributed by atoms with E-state index in [1.165, 1.54) is 0 Å². The third kappa shape index (κ3) is 1.97. The highest BCUT2D eigenvalue weighted by atomic mass is 35.5. The molecule has 80 valence electrons. The number of halogens is 1. The van der Waals surface area contributed by atoms with E-state index in [0.29, 0.717) is 10.6 Å². The number of rotatable bonds is 2. The van der Waals surface area contributed by atoms with Crippen LogP contribution in [0, 0.1) is 6.92 Å². The lowest BCUT2D eigenvalue weighted by atomic mass is 10.0. The monoisotopic (exact) mass is 231 g/mol. The second-order valence-corrected chi connectivity index (χ2v) is 3.95. The van der Waals surface area contributed by atoms with Gasteiger partial charge in [0, 0.05) is 34.1 Å². The molecular formula is C13H10ClNO. The van der Waals surface area contributed by atoms with Gasteiger partial charge in [0.25, 0.3) is 0 Å². The number of hydrogen-bond donors (Lipinski definition) is 0. The van der Waals surface area contributed by atoms with Gasteiger partial charge in [-0.25, -0.2) is 0 Å². The molecule has 0 bridgehead atoms. The summed E-state index contributed by atoms with van der Waals surface area (Å²) in [5.41, 5.74) is 3.58. The van der Waals surface area contributed by atoms with Crippen LogP contribution in [-0.2, 0) is 0 Å². The van der Waals surface area contributed by atoms with Crippen molar-refractivity contribution < 1.29 is 4.79 Å². The summed E-state index contributed by atoms with van der Waals surface area (Å²) in [6.07, 6.45) is 4.30. The van der Waals surface area contributed by atoms with E-state index in [1.807, 2.05) is 19.1 Å². The molecule has 0 atom stereocenters. The molecule has 16 heavy (non-hydrogen) atoms. The van der Waals surface area contributed by atoms with Crippen LogP contribution in [-0.4, -0.2) is 11.3 Å². The predicted molar refractivity (Wildman–Crippen MR) is 64.8 cm³/mol. The summed E-state index contributed by atoms with van der Waals surface area (Å²) >= 11 is 6.13. The summed E-state index contributed by atoms with van der Waals surface area (Å²) in [7, 11) is 0. The molecule has 2 aromatic rings. The van der Waals surface area contributed by atoms with Crippen LogP contribution in [0.25, 0.3) is 11.1 Å². The third-order valence-electron chi connectivity index (χ3n) is 2.46. The first-order valence-corrected chi connectivity index (χ1v) is 5.26. The fourth-order valence-corrected chi connectivity index (χ4v) is 1.86. The van der Waals surface area contributed by atoms with Crippen LogP contribution in [0.2, 0.25) is 5.02 Å². The van der Waals surface area contributed by atoms with Gasteiger partial charge in [0.1, 0.15) is 6.29 Å². The zero-order chi connectivity index (χ0) is 11.5. The minimum Gasteiger partial charge on any atom is -0.298 e. The zero-order valence-corrected chi connectivity index (χ0v) is 9.53. The molecule has 1 aromatic carbocycles. The second-order valence-electron chi connectivity index (χ2n) is 3.55. The molecule has 1 heterocycles. The Labute approximate surface area is 98.9 Å². The highest BCUT2D eigenvalue weighted by Gasteiger charge is 2.06. The molecular weight excluding hydrogens is 222 g/mol. The Morgan fingerprint density at radius 3 is 2.69 bits per heavy atom. The lowest BCUT2D eigenvalue weighted by Gasteiger charge is -2.07. The first-order chi connectivity index (χ1) is 7.72. The number of hydrogen-bond acceptors (Lipinski definition) is 2. The van der Waals surface area contributed by atoms with Crippen molar-refractivity contribution in [1.29, 1.82) is 0 Å². The summed E-state index contributed by atoms with van der Waals surface area (Å²) in [5.74, 6) is 0. The molecule has 2 nitrogen and oxygen atoms in total. The van der Waals surface area contributed by atoms with E-state index < -0.39 is 0 Å². The van der Waals surface area contributed by atoms with Crippen molar-refractivity contribution in [3.8, 4) is 11.1 Å². The fraction of sp³-hybridized carbons (Fsp3) is 0.0769. The Kier molecular flexibility index (Phi) is 3.02.